The summed E-state index contributed by atoms with van der Waals surface area (Å²) in [5.41, 5.74) is 3.16. The number of phenols is 1. The fourth-order valence-corrected chi connectivity index (χ4v) is 4.60. The number of rotatable bonds is 6. The van der Waals surface area contributed by atoms with Gasteiger partial charge in [-0.05, 0) is 48.6 Å². The number of aromatic hydroxyl groups is 1. The number of allylic oxidation sites excluding steroid dienone is 3. The predicted octanol–water partition coefficient (Wildman–Crippen LogP) is 4.62. The first-order chi connectivity index (χ1) is 15.7. The highest BCUT2D eigenvalue weighted by molar-refractivity contribution is 6.04. The summed E-state index contributed by atoms with van der Waals surface area (Å²) in [5, 5.41) is 13.1. The molecule has 2 aromatic carbocycles. The summed E-state index contributed by atoms with van der Waals surface area (Å²) in [6, 6.07) is 16.0. The fraction of sp³-hybridized carbons (Fsp3) is 0.333. The van der Waals surface area contributed by atoms with Gasteiger partial charge in [-0.3, -0.25) is 4.79 Å². The molecule has 0 radical (unpaired) electrons. The molecule has 2 N–H and O–H groups in total. The van der Waals surface area contributed by atoms with E-state index in [1.807, 2.05) is 37.3 Å². The lowest BCUT2D eigenvalue weighted by atomic mass is 9.68. The molecular weight excluding hydrogens is 418 g/mol. The second-order valence-corrected chi connectivity index (χ2v) is 9.32. The molecule has 6 nitrogen and oxygen atoms in total. The van der Waals surface area contributed by atoms with Crippen LogP contribution in [0.3, 0.4) is 0 Å². The number of ether oxygens (including phenoxy) is 2. The Labute approximate surface area is 193 Å². The third kappa shape index (κ3) is 4.95. The van der Waals surface area contributed by atoms with E-state index in [1.165, 1.54) is 0 Å². The van der Waals surface area contributed by atoms with Crippen molar-refractivity contribution in [3.05, 3.63) is 82.7 Å². The molecule has 1 aliphatic heterocycles. The first-order valence-corrected chi connectivity index (χ1v) is 11.1. The summed E-state index contributed by atoms with van der Waals surface area (Å²) in [4.78, 5) is 26.5. The van der Waals surface area contributed by atoms with E-state index in [0.29, 0.717) is 35.4 Å². The van der Waals surface area contributed by atoms with Crippen molar-refractivity contribution in [2.45, 2.75) is 39.5 Å². The molecule has 1 atom stereocenters. The molecule has 0 fully saturated rings. The van der Waals surface area contributed by atoms with Gasteiger partial charge in [0.25, 0.3) is 0 Å². The molecule has 0 bridgehead atoms. The third-order valence-corrected chi connectivity index (χ3v) is 6.01. The largest absolute Gasteiger partial charge is 0.508 e. The number of nitrogens with one attached hydrogen (secondary N) is 1. The average Bonchev–Trinajstić information content (AvgIpc) is 2.76. The number of para-hydroxylation sites is 1. The Kier molecular flexibility index (Phi) is 6.27. The van der Waals surface area contributed by atoms with Gasteiger partial charge in [0.15, 0.2) is 5.78 Å². The Balaban J connectivity index is 1.59. The highest BCUT2D eigenvalue weighted by Gasteiger charge is 2.43. The van der Waals surface area contributed by atoms with Crippen LogP contribution in [-0.4, -0.2) is 30.1 Å². The van der Waals surface area contributed by atoms with Crippen molar-refractivity contribution in [1.29, 1.82) is 0 Å². The van der Waals surface area contributed by atoms with Crippen LogP contribution in [0, 0.1) is 5.41 Å². The molecule has 172 valence electrons. The smallest absolute Gasteiger partial charge is 0.336 e. The molecule has 1 unspecified atom stereocenters. The van der Waals surface area contributed by atoms with Gasteiger partial charge in [0.1, 0.15) is 24.7 Å². The van der Waals surface area contributed by atoms with Gasteiger partial charge in [-0.15, -0.1) is 0 Å². The van der Waals surface area contributed by atoms with E-state index < -0.39 is 11.9 Å². The highest BCUT2D eigenvalue weighted by atomic mass is 16.6. The van der Waals surface area contributed by atoms with Gasteiger partial charge >= 0.3 is 5.97 Å². The van der Waals surface area contributed by atoms with Crippen LogP contribution in [-0.2, 0) is 14.3 Å². The zero-order chi connectivity index (χ0) is 23.6. The number of carbonyl (C=O) groups excluding carboxylic acids is 2. The molecule has 0 aromatic heterocycles. The lowest BCUT2D eigenvalue weighted by Crippen LogP contribution is -2.38. The molecule has 1 heterocycles. The van der Waals surface area contributed by atoms with Crippen LogP contribution in [0.4, 0.5) is 0 Å². The minimum atomic E-state index is -0.548. The first kappa shape index (κ1) is 22.6. The Hall–Kier alpha value is -3.54. The van der Waals surface area contributed by atoms with Gasteiger partial charge in [0, 0.05) is 29.3 Å². The molecule has 0 spiro atoms. The molecule has 4 rings (SSSR count). The van der Waals surface area contributed by atoms with Crippen molar-refractivity contribution in [2.24, 2.45) is 5.41 Å². The van der Waals surface area contributed by atoms with Crippen LogP contribution in [0.25, 0.3) is 0 Å². The predicted molar refractivity (Wildman–Crippen MR) is 125 cm³/mol. The third-order valence-electron chi connectivity index (χ3n) is 6.01. The molecule has 1 aliphatic carbocycles. The maximum absolute atomic E-state index is 13.2. The van der Waals surface area contributed by atoms with Gasteiger partial charge in [0.05, 0.1) is 5.57 Å². The monoisotopic (exact) mass is 447 g/mol. The molecule has 2 aliphatic rings. The van der Waals surface area contributed by atoms with Crippen molar-refractivity contribution in [1.82, 2.24) is 5.32 Å². The summed E-state index contributed by atoms with van der Waals surface area (Å²) in [5.74, 6) is -0.180. The maximum atomic E-state index is 13.2. The van der Waals surface area contributed by atoms with Gasteiger partial charge < -0.3 is 19.9 Å². The van der Waals surface area contributed by atoms with E-state index in [9.17, 15) is 14.7 Å². The normalized spacial score (nSPS) is 19.6. The maximum Gasteiger partial charge on any atom is 0.336 e. The highest BCUT2D eigenvalue weighted by Crippen LogP contribution is 2.46. The van der Waals surface area contributed by atoms with Crippen LogP contribution < -0.4 is 10.1 Å². The summed E-state index contributed by atoms with van der Waals surface area (Å²) >= 11 is 0. The summed E-state index contributed by atoms with van der Waals surface area (Å²) in [6.45, 7) is 6.28. The van der Waals surface area contributed by atoms with E-state index >= 15 is 0 Å². The number of hydrogen-bond donors (Lipinski definition) is 2. The minimum Gasteiger partial charge on any atom is -0.508 e. The second-order valence-electron chi connectivity index (χ2n) is 9.32. The number of phenolic OH excluding ortho intramolecular Hbond substituents is 1. The SMILES string of the molecule is CC1=C(C(=O)OCCOc2ccccc2)C(c2ccc(O)cc2)C2=C(CC(C)(C)CC2=O)N1. The second kappa shape index (κ2) is 9.14. The van der Waals surface area contributed by atoms with Gasteiger partial charge in [-0.2, -0.15) is 0 Å². The Morgan fingerprint density at radius 1 is 1.06 bits per heavy atom. The van der Waals surface area contributed by atoms with E-state index in [1.54, 1.807) is 24.3 Å². The molecule has 2 aromatic rings. The number of ketones is 1. The Morgan fingerprint density at radius 2 is 1.76 bits per heavy atom. The Bertz CT molecular complexity index is 1110. The number of hydrogen-bond acceptors (Lipinski definition) is 6. The fourth-order valence-electron chi connectivity index (χ4n) is 4.60. The van der Waals surface area contributed by atoms with Crippen LogP contribution >= 0.6 is 0 Å². The van der Waals surface area contributed by atoms with E-state index in [2.05, 4.69) is 19.2 Å². The Morgan fingerprint density at radius 3 is 2.45 bits per heavy atom. The quantitative estimate of drug-likeness (QED) is 0.497. The summed E-state index contributed by atoms with van der Waals surface area (Å²) in [6.07, 6.45) is 1.13. The van der Waals surface area contributed by atoms with Crippen molar-refractivity contribution < 1.29 is 24.2 Å². The zero-order valence-electron chi connectivity index (χ0n) is 19.2. The van der Waals surface area contributed by atoms with Gasteiger partial charge in [-0.1, -0.05) is 44.2 Å². The van der Waals surface area contributed by atoms with Crippen LogP contribution in [0.5, 0.6) is 11.5 Å². The molecule has 0 saturated heterocycles. The molecular formula is C27H29NO5. The van der Waals surface area contributed by atoms with Gasteiger partial charge in [-0.25, -0.2) is 4.79 Å². The average molecular weight is 448 g/mol. The molecule has 0 saturated carbocycles. The van der Waals surface area contributed by atoms with E-state index in [0.717, 1.165) is 11.3 Å². The number of dihydropyridines is 1. The van der Waals surface area contributed by atoms with Crippen LogP contribution in [0.1, 0.15) is 45.1 Å². The van der Waals surface area contributed by atoms with Crippen LogP contribution in [0.15, 0.2) is 77.1 Å². The van der Waals surface area contributed by atoms with E-state index in [-0.39, 0.29) is 30.2 Å². The summed E-state index contributed by atoms with van der Waals surface area (Å²) < 4.78 is 11.2. The van der Waals surface area contributed by atoms with Crippen LogP contribution in [0.2, 0.25) is 0 Å². The number of Topliss-reactive ketones (excluding diaryl/α,β-unsaturated/α-hetero) is 1. The lowest BCUT2D eigenvalue weighted by Gasteiger charge is -2.39. The number of benzene rings is 2. The topological polar surface area (TPSA) is 84.9 Å². The molecule has 33 heavy (non-hydrogen) atoms. The van der Waals surface area contributed by atoms with Crippen molar-refractivity contribution in [3.8, 4) is 11.5 Å². The van der Waals surface area contributed by atoms with E-state index in [4.69, 9.17) is 9.47 Å². The first-order valence-electron chi connectivity index (χ1n) is 11.1. The number of carbonyl (C=O) groups is 2. The van der Waals surface area contributed by atoms with Crippen molar-refractivity contribution in [2.75, 3.05) is 13.2 Å². The minimum absolute atomic E-state index is 0.0250. The molecule has 0 amide bonds. The number of esters is 1. The standard InChI is InChI=1S/C27H29NO5/c1-17-23(26(31)33-14-13-32-20-7-5-4-6-8-20)24(18-9-11-19(29)12-10-18)25-21(28-17)15-27(2,3)16-22(25)30/h4-12,24,28-29H,13-16H2,1-3H3. The van der Waals surface area contributed by atoms with Crippen molar-refractivity contribution >= 4 is 11.8 Å². The lowest BCUT2D eigenvalue weighted by molar-refractivity contribution is -0.140. The van der Waals surface area contributed by atoms with Gasteiger partial charge in [0.2, 0.25) is 0 Å². The molecule has 6 heteroatoms. The summed E-state index contributed by atoms with van der Waals surface area (Å²) in [7, 11) is 0. The van der Waals surface area contributed by atoms with Crippen molar-refractivity contribution in [3.63, 3.8) is 0 Å². The zero-order valence-corrected chi connectivity index (χ0v) is 19.2.